The first-order valence-electron chi connectivity index (χ1n) is 14.4. The number of nitrogen functional groups attached to an aromatic ring is 1. The minimum atomic E-state index is -4.88. The van der Waals surface area contributed by atoms with Crippen LogP contribution in [0.2, 0.25) is 0 Å². The first kappa shape index (κ1) is 26.3. The number of nitriles is 1. The first-order chi connectivity index (χ1) is 21.8. The molecule has 1 aliphatic rings. The lowest BCUT2D eigenvalue weighted by atomic mass is 9.92. The third-order valence-corrected chi connectivity index (χ3v) is 7.99. The number of rotatable bonds is 11. The summed E-state index contributed by atoms with van der Waals surface area (Å²) in [6.07, 6.45) is -5.41. The number of benzene rings is 2. The molecule has 43 heavy (non-hydrogen) atoms. The maximum atomic E-state index is 14.1. The second-order valence-electron chi connectivity index (χ2n) is 9.46. The Labute approximate surface area is 250 Å². The fourth-order valence-corrected chi connectivity index (χ4v) is 5.67. The zero-order chi connectivity index (χ0) is 33.3. The minimum Gasteiger partial charge on any atom is -0.460 e. The van der Waals surface area contributed by atoms with Crippen molar-refractivity contribution in [3.63, 3.8) is 0 Å². The van der Waals surface area contributed by atoms with Crippen molar-refractivity contribution in [1.82, 2.24) is 19.7 Å². The van der Waals surface area contributed by atoms with Gasteiger partial charge in [-0.05, 0) is 36.7 Å². The number of ether oxygens (including phenoxy) is 2. The molecule has 1 saturated heterocycles. The number of carbonyl (C=O) groups is 1. The molecule has 0 bridgehead atoms. The molecule has 0 spiro atoms. The predicted molar refractivity (Wildman–Crippen MR) is 151 cm³/mol. The van der Waals surface area contributed by atoms with Gasteiger partial charge in [0.25, 0.3) is 0 Å². The largest absolute Gasteiger partial charge is 0.460 e. The molecule has 4 aromatic rings. The summed E-state index contributed by atoms with van der Waals surface area (Å²) in [5.41, 5.74) is 3.76. The molecule has 224 valence electrons. The lowest BCUT2D eigenvalue weighted by molar-refractivity contribution is -0.146. The molecule has 2 aromatic heterocycles. The molecule has 0 radical (unpaired) electrons. The smallest absolute Gasteiger partial charge is 0.459 e. The van der Waals surface area contributed by atoms with Gasteiger partial charge in [0.2, 0.25) is 5.60 Å². The number of esters is 1. The van der Waals surface area contributed by atoms with Crippen LogP contribution in [-0.2, 0) is 35.6 Å². The van der Waals surface area contributed by atoms with Crippen molar-refractivity contribution in [3.05, 3.63) is 90.4 Å². The third kappa shape index (κ3) is 6.23. The predicted octanol–water partition coefficient (Wildman–Crippen LogP) is 2.08. The summed E-state index contributed by atoms with van der Waals surface area (Å²) in [6, 6.07) is 17.6. The van der Waals surface area contributed by atoms with Gasteiger partial charge in [-0.1, -0.05) is 48.5 Å². The summed E-state index contributed by atoms with van der Waals surface area (Å²) in [5.74, 6) is -1.02. The van der Waals surface area contributed by atoms with Gasteiger partial charge in [-0.2, -0.15) is 15.4 Å². The number of nitrogens with two attached hydrogens (primary N) is 1. The average Bonchev–Trinajstić information content (AvgIpc) is 3.51. The molecule has 1 fully saturated rings. The molecular weight excluding hydrogens is 579 g/mol. The van der Waals surface area contributed by atoms with Crippen LogP contribution >= 0.6 is 7.75 Å². The lowest BCUT2D eigenvalue weighted by Gasteiger charge is -2.25. The summed E-state index contributed by atoms with van der Waals surface area (Å²) < 4.78 is 62.6. The minimum absolute atomic E-state index is 0.0294. The van der Waals surface area contributed by atoms with Gasteiger partial charge in [-0.15, -0.1) is 0 Å². The Morgan fingerprint density at radius 1 is 1.28 bits per heavy atom. The second-order valence-corrected chi connectivity index (χ2v) is 11.1. The van der Waals surface area contributed by atoms with E-state index in [0.29, 0.717) is 5.56 Å². The molecule has 6 atom stereocenters. The maximum absolute atomic E-state index is 14.1. The molecule has 0 amide bonds. The molecule has 5 rings (SSSR count). The molecule has 0 aliphatic carbocycles. The van der Waals surface area contributed by atoms with E-state index in [2.05, 4.69) is 15.2 Å². The molecule has 0 unspecified atom stereocenters. The molecule has 14 nitrogen and oxygen atoms in total. The Bertz CT molecular complexity index is 1810. The van der Waals surface area contributed by atoms with Crippen LogP contribution in [0.15, 0.2) is 79.1 Å². The highest BCUT2D eigenvalue weighted by molar-refractivity contribution is 7.52. The highest BCUT2D eigenvalue weighted by atomic mass is 31.2. The number of carbonyl (C=O) groups excluding carboxylic acids is 1. The number of hydrogen-bond acceptors (Lipinski definition) is 12. The lowest BCUT2D eigenvalue weighted by Crippen LogP contribution is -2.41. The van der Waals surface area contributed by atoms with Crippen LogP contribution in [0, 0.1) is 11.3 Å². The van der Waals surface area contributed by atoms with Crippen LogP contribution in [0.5, 0.6) is 5.75 Å². The fraction of sp³-hybridized carbons (Fsp3) is 0.286. The third-order valence-electron chi connectivity index (χ3n) is 6.49. The highest BCUT2D eigenvalue weighted by Crippen LogP contribution is 2.47. The number of fused-ring (bicyclic) bond motifs is 1. The van der Waals surface area contributed by atoms with Crippen LogP contribution in [-0.4, -0.2) is 61.7 Å². The van der Waals surface area contributed by atoms with E-state index in [-0.39, 0.29) is 35.4 Å². The van der Waals surface area contributed by atoms with E-state index >= 15 is 0 Å². The molecule has 3 heterocycles. The number of hydrogen-bond donors (Lipinski definition) is 4. The topological polar surface area (TPSA) is 204 Å². The molecular formula is C28H29N6O8P. The van der Waals surface area contributed by atoms with Crippen LogP contribution < -0.4 is 15.3 Å². The summed E-state index contributed by atoms with van der Waals surface area (Å²) in [5, 5.41) is 38.6. The van der Waals surface area contributed by atoms with E-state index in [4.69, 9.17) is 28.4 Å². The van der Waals surface area contributed by atoms with Crippen LogP contribution in [0.25, 0.3) is 5.52 Å². The van der Waals surface area contributed by atoms with Crippen molar-refractivity contribution in [2.24, 2.45) is 0 Å². The van der Waals surface area contributed by atoms with Crippen LogP contribution in [0.1, 0.15) is 22.3 Å². The Morgan fingerprint density at radius 2 is 1.98 bits per heavy atom. The van der Waals surface area contributed by atoms with Crippen LogP contribution in [0.3, 0.4) is 0 Å². The van der Waals surface area contributed by atoms with Crippen molar-refractivity contribution in [2.75, 3.05) is 12.3 Å². The van der Waals surface area contributed by atoms with E-state index in [1.165, 1.54) is 19.1 Å². The van der Waals surface area contributed by atoms with Crippen molar-refractivity contribution >= 4 is 25.1 Å². The first-order valence-corrected chi connectivity index (χ1v) is 14.4. The molecule has 2 aromatic carbocycles. The number of nitrogens with zero attached hydrogens (tertiary/aromatic N) is 4. The number of para-hydroxylation sites is 1. The van der Waals surface area contributed by atoms with Crippen molar-refractivity contribution in [3.8, 4) is 11.8 Å². The Kier molecular flexibility index (Phi) is 7.63. The van der Waals surface area contributed by atoms with Gasteiger partial charge in [0.1, 0.15) is 54.6 Å². The highest BCUT2D eigenvalue weighted by Gasteiger charge is 2.58. The molecule has 5 N–H and O–H groups in total. The maximum Gasteiger partial charge on any atom is 0.459 e. The standard InChI is InChI=1S/C28H29N6O8P/c1-18(27(37)39-14-19-8-4-2-5-9-19)33-43(38,42-20-10-6-3-7-11-20)40-15-22-24(35)25(36)28(16-29,41-22)23-13-12-21-26(30)31-17-32-34(21)23/h2-13,17-18,22,24-25,35-36H,14-15H2,1H3,(H,33,38)(H2,30,31,32)/t18-,22+,24+,25+,28-,43-/m0/s1/i12D,15D2. The number of anilines is 1. The monoisotopic (exact) mass is 611 g/mol. The van der Waals surface area contributed by atoms with Gasteiger partial charge in [-0.3, -0.25) is 9.32 Å². The molecule has 15 heteroatoms. The Balaban J connectivity index is 1.43. The van der Waals surface area contributed by atoms with Gasteiger partial charge in [0, 0.05) is 0 Å². The SMILES string of the molecule is [2H]c1cc([C@]2(C#N)O[C@H](C([2H])([2H])O[P@@](=O)(N[C@@H](C)C(=O)OCc3ccccc3)Oc3ccccc3)[C@@H](O)[C@H]2O)n2ncnc(N)c12. The second kappa shape index (κ2) is 12.5. The van der Waals surface area contributed by atoms with Gasteiger partial charge < -0.3 is 29.9 Å². The van der Waals surface area contributed by atoms with Gasteiger partial charge in [0.15, 0.2) is 5.82 Å². The molecule has 0 saturated carbocycles. The van der Waals surface area contributed by atoms with E-state index < -0.39 is 50.2 Å². The van der Waals surface area contributed by atoms with E-state index in [1.807, 2.05) is 0 Å². The average molecular weight is 612 g/mol. The normalized spacial score (nSPS) is 25.1. The van der Waals surface area contributed by atoms with E-state index in [0.717, 1.165) is 16.9 Å². The fourth-order valence-electron chi connectivity index (χ4n) is 4.30. The molecule has 1 aliphatic heterocycles. The zero-order valence-corrected chi connectivity index (χ0v) is 23.5. The summed E-state index contributed by atoms with van der Waals surface area (Å²) >= 11 is 0. The number of aliphatic hydroxyl groups is 2. The van der Waals surface area contributed by atoms with Gasteiger partial charge in [-0.25, -0.2) is 14.1 Å². The summed E-state index contributed by atoms with van der Waals surface area (Å²) in [7, 11) is -4.88. The number of aromatic nitrogens is 3. The van der Waals surface area contributed by atoms with Gasteiger partial charge >= 0.3 is 13.7 Å². The van der Waals surface area contributed by atoms with Crippen LogP contribution in [0.4, 0.5) is 5.82 Å². The summed E-state index contributed by atoms with van der Waals surface area (Å²) in [4.78, 5) is 16.6. The van der Waals surface area contributed by atoms with E-state index in [9.17, 15) is 24.8 Å². The number of nitrogens with one attached hydrogen (secondary N) is 1. The Morgan fingerprint density at radius 3 is 2.67 bits per heavy atom. The van der Waals surface area contributed by atoms with Gasteiger partial charge in [0.05, 0.1) is 16.4 Å². The van der Waals surface area contributed by atoms with Crippen molar-refractivity contribution < 1.29 is 42.2 Å². The summed E-state index contributed by atoms with van der Waals surface area (Å²) in [6.45, 7) is -2.06. The van der Waals surface area contributed by atoms with Crippen molar-refractivity contribution in [1.29, 1.82) is 5.26 Å². The number of aliphatic hydroxyl groups excluding tert-OH is 2. The zero-order valence-electron chi connectivity index (χ0n) is 25.6. The quantitative estimate of drug-likeness (QED) is 0.142. The van der Waals surface area contributed by atoms with E-state index in [1.54, 1.807) is 54.6 Å². The Hall–Kier alpha value is -4.35. The van der Waals surface area contributed by atoms with Crippen molar-refractivity contribution in [2.45, 2.75) is 43.5 Å².